The van der Waals surface area contributed by atoms with Gasteiger partial charge in [-0.25, -0.2) is 0 Å². The molecule has 33 heavy (non-hydrogen) atoms. The van der Waals surface area contributed by atoms with Crippen LogP contribution < -0.4 is 20.0 Å². The second kappa shape index (κ2) is 11.9. The Morgan fingerprint density at radius 1 is 1.12 bits per heavy atom. The van der Waals surface area contributed by atoms with Crippen LogP contribution in [0.2, 0.25) is 5.02 Å². The zero-order valence-electron chi connectivity index (χ0n) is 18.0. The molecule has 2 aromatic rings. The summed E-state index contributed by atoms with van der Waals surface area (Å²) >= 11 is 5.79. The summed E-state index contributed by atoms with van der Waals surface area (Å²) in [6, 6.07) is 6.59. The molecule has 182 valence electrons. The summed E-state index contributed by atoms with van der Waals surface area (Å²) in [4.78, 5) is 14.3. The molecule has 12 heteroatoms. The number of likely N-dealkylation sites (N-methyl/N-ethyl adjacent to an activating group) is 1. The van der Waals surface area contributed by atoms with Crippen molar-refractivity contribution in [3.05, 3.63) is 52.2 Å². The maximum Gasteiger partial charge on any atom is 0.416 e. The molecule has 2 rings (SSSR count). The highest BCUT2D eigenvalue weighted by Gasteiger charge is 2.31. The van der Waals surface area contributed by atoms with E-state index in [-0.39, 0.29) is 39.7 Å². The van der Waals surface area contributed by atoms with Gasteiger partial charge in [0, 0.05) is 12.2 Å². The fraction of sp³-hybridized carbons (Fsp3) is 0.381. The van der Waals surface area contributed by atoms with Gasteiger partial charge >= 0.3 is 6.18 Å². The van der Waals surface area contributed by atoms with Gasteiger partial charge in [-0.05, 0) is 49.5 Å². The monoisotopic (exact) mass is 490 g/mol. The Morgan fingerprint density at radius 3 is 2.36 bits per heavy atom. The molecular formula is C21H24ClF3N3O5-. The van der Waals surface area contributed by atoms with Crippen molar-refractivity contribution in [2.24, 2.45) is 0 Å². The molecule has 0 heterocycles. The van der Waals surface area contributed by atoms with Gasteiger partial charge in [-0.2, -0.15) is 13.2 Å². The van der Waals surface area contributed by atoms with Crippen LogP contribution in [0, 0.1) is 5.21 Å². The van der Waals surface area contributed by atoms with Crippen molar-refractivity contribution in [2.45, 2.75) is 20.0 Å². The average molecular weight is 491 g/mol. The largest absolute Gasteiger partial charge is 0.733 e. The van der Waals surface area contributed by atoms with Crippen molar-refractivity contribution >= 4 is 28.9 Å². The Balaban J connectivity index is 1.98. The lowest BCUT2D eigenvalue weighted by Gasteiger charge is -2.26. The van der Waals surface area contributed by atoms with Crippen molar-refractivity contribution in [2.75, 3.05) is 43.4 Å². The minimum atomic E-state index is -4.55. The van der Waals surface area contributed by atoms with Crippen molar-refractivity contribution < 1.29 is 32.6 Å². The van der Waals surface area contributed by atoms with Crippen LogP contribution in [-0.2, 0) is 11.0 Å². The first-order chi connectivity index (χ1) is 15.5. The molecule has 0 saturated heterocycles. The molecule has 0 unspecified atom stereocenters. The summed E-state index contributed by atoms with van der Waals surface area (Å²) in [5.74, 6) is -0.633. The molecule has 0 spiro atoms. The van der Waals surface area contributed by atoms with Crippen molar-refractivity contribution in [1.82, 2.24) is 4.90 Å². The molecule has 2 N–H and O–H groups in total. The van der Waals surface area contributed by atoms with Crippen LogP contribution in [0.3, 0.4) is 0 Å². The Morgan fingerprint density at radius 2 is 1.79 bits per heavy atom. The Kier molecular flexibility index (Phi) is 9.59. The minimum Gasteiger partial charge on any atom is -0.733 e. The van der Waals surface area contributed by atoms with E-state index in [1.807, 2.05) is 13.8 Å². The first-order valence-electron chi connectivity index (χ1n) is 9.99. The summed E-state index contributed by atoms with van der Waals surface area (Å²) in [7, 11) is 0. The molecule has 0 aliphatic rings. The Labute approximate surface area is 194 Å². The quantitative estimate of drug-likeness (QED) is 0.437. The van der Waals surface area contributed by atoms with E-state index in [0.29, 0.717) is 12.6 Å². The van der Waals surface area contributed by atoms with Crippen LogP contribution in [-0.4, -0.2) is 48.9 Å². The number of halogens is 4. The SMILES string of the molecule is CCN(CC)CCOc1ccc(NC(=O)COc2ccc(C(F)(F)F)cc2Cl)cc1N([O-])O. The van der Waals surface area contributed by atoms with Gasteiger partial charge in [-0.15, -0.1) is 0 Å². The fourth-order valence-electron chi connectivity index (χ4n) is 2.83. The van der Waals surface area contributed by atoms with Gasteiger partial charge in [0.15, 0.2) is 6.61 Å². The molecule has 0 aliphatic heterocycles. The summed E-state index contributed by atoms with van der Waals surface area (Å²) in [6.45, 7) is 6.05. The molecule has 0 atom stereocenters. The Hall–Kier alpha value is -2.73. The number of carbonyl (C=O) groups excluding carboxylic acids is 1. The number of hydrogen-bond donors (Lipinski definition) is 2. The third kappa shape index (κ3) is 7.97. The number of rotatable bonds is 11. The van der Waals surface area contributed by atoms with E-state index in [1.165, 1.54) is 18.2 Å². The molecule has 1 amide bonds. The summed E-state index contributed by atoms with van der Waals surface area (Å²) in [5.41, 5.74) is -0.982. The van der Waals surface area contributed by atoms with Gasteiger partial charge in [0.05, 0.1) is 16.3 Å². The van der Waals surface area contributed by atoms with E-state index >= 15 is 0 Å². The fourth-order valence-corrected chi connectivity index (χ4v) is 3.06. The third-order valence-corrected chi connectivity index (χ3v) is 4.92. The normalized spacial score (nSPS) is 11.4. The molecule has 0 bridgehead atoms. The summed E-state index contributed by atoms with van der Waals surface area (Å²) in [6.07, 6.45) is -4.55. The minimum absolute atomic E-state index is 0.0986. The average Bonchev–Trinajstić information content (AvgIpc) is 2.75. The number of carbonyl (C=O) groups is 1. The zero-order valence-corrected chi connectivity index (χ0v) is 18.7. The van der Waals surface area contributed by atoms with E-state index < -0.39 is 24.3 Å². The number of alkyl halides is 3. The maximum absolute atomic E-state index is 12.7. The molecule has 0 aliphatic carbocycles. The Bertz CT molecular complexity index is 940. The lowest BCUT2D eigenvalue weighted by Crippen LogP contribution is -2.28. The summed E-state index contributed by atoms with van der Waals surface area (Å²) in [5, 5.41) is 22.7. The highest BCUT2D eigenvalue weighted by molar-refractivity contribution is 6.32. The van der Waals surface area contributed by atoms with Gasteiger partial charge in [-0.3, -0.25) is 10.0 Å². The van der Waals surface area contributed by atoms with Gasteiger partial charge in [0.25, 0.3) is 5.91 Å². The van der Waals surface area contributed by atoms with Gasteiger partial charge in [0.2, 0.25) is 0 Å². The second-order valence-electron chi connectivity index (χ2n) is 6.81. The van der Waals surface area contributed by atoms with Crippen LogP contribution >= 0.6 is 11.6 Å². The van der Waals surface area contributed by atoms with Crippen molar-refractivity contribution in [1.29, 1.82) is 0 Å². The highest BCUT2D eigenvalue weighted by atomic mass is 35.5. The van der Waals surface area contributed by atoms with E-state index in [9.17, 15) is 28.4 Å². The molecule has 0 fully saturated rings. The number of amides is 1. The number of anilines is 2. The molecular weight excluding hydrogens is 467 g/mol. The standard InChI is InChI=1S/C21H24ClF3N3O5/c1-3-27(4-2)9-10-32-19-8-6-15(12-17(19)28(30)31)26-20(29)13-33-18-7-5-14(11-16(18)22)21(23,24)25/h5-8,11-12,30H,3-4,9-10,13H2,1-2H3,(H,26,29)/q-1. The number of nitrogens with one attached hydrogen (secondary N) is 1. The molecule has 0 saturated carbocycles. The summed E-state index contributed by atoms with van der Waals surface area (Å²) < 4.78 is 48.8. The van der Waals surface area contributed by atoms with Crippen LogP contribution in [0.25, 0.3) is 0 Å². The van der Waals surface area contributed by atoms with E-state index in [2.05, 4.69) is 10.2 Å². The topological polar surface area (TPSA) is 97.3 Å². The third-order valence-electron chi connectivity index (χ3n) is 4.63. The number of nitrogens with zero attached hydrogens (tertiary/aromatic N) is 2. The number of benzene rings is 2. The van der Waals surface area contributed by atoms with Gasteiger partial charge < -0.3 is 30.1 Å². The molecule has 2 aromatic carbocycles. The molecule has 0 aromatic heterocycles. The van der Waals surface area contributed by atoms with Crippen LogP contribution in [0.5, 0.6) is 11.5 Å². The number of hydrogen-bond acceptors (Lipinski definition) is 7. The first-order valence-corrected chi connectivity index (χ1v) is 10.4. The molecule has 0 radical (unpaired) electrons. The highest BCUT2D eigenvalue weighted by Crippen LogP contribution is 2.35. The van der Waals surface area contributed by atoms with Crippen LogP contribution in [0.4, 0.5) is 24.5 Å². The predicted octanol–water partition coefficient (Wildman–Crippen LogP) is 4.79. The van der Waals surface area contributed by atoms with Crippen molar-refractivity contribution in [3.8, 4) is 11.5 Å². The van der Waals surface area contributed by atoms with E-state index in [0.717, 1.165) is 25.2 Å². The predicted molar refractivity (Wildman–Crippen MR) is 118 cm³/mol. The van der Waals surface area contributed by atoms with Crippen LogP contribution in [0.1, 0.15) is 19.4 Å². The zero-order chi connectivity index (χ0) is 24.6. The lowest BCUT2D eigenvalue weighted by molar-refractivity contribution is -0.137. The maximum atomic E-state index is 12.7. The van der Waals surface area contributed by atoms with E-state index in [1.54, 1.807) is 0 Å². The second-order valence-corrected chi connectivity index (χ2v) is 7.22. The van der Waals surface area contributed by atoms with Crippen LogP contribution in [0.15, 0.2) is 36.4 Å². The van der Waals surface area contributed by atoms with Gasteiger partial charge in [0.1, 0.15) is 18.1 Å². The van der Waals surface area contributed by atoms with Gasteiger partial charge in [-0.1, -0.05) is 25.4 Å². The van der Waals surface area contributed by atoms with E-state index in [4.69, 9.17) is 21.1 Å². The first kappa shape index (κ1) is 26.5. The lowest BCUT2D eigenvalue weighted by atomic mass is 10.2. The smallest absolute Gasteiger partial charge is 0.416 e. The number of ether oxygens (including phenoxy) is 2. The molecule has 8 nitrogen and oxygen atoms in total. The van der Waals surface area contributed by atoms with Crippen molar-refractivity contribution in [3.63, 3.8) is 0 Å².